The zero-order valence-electron chi connectivity index (χ0n) is 19.2. The van der Waals surface area contributed by atoms with Crippen molar-refractivity contribution in [2.45, 2.75) is 31.6 Å². The minimum atomic E-state index is 0.0601. The quantitative estimate of drug-likeness (QED) is 0.501. The van der Waals surface area contributed by atoms with Crippen LogP contribution in [0.25, 0.3) is 0 Å². The van der Waals surface area contributed by atoms with Crippen LogP contribution >= 0.6 is 0 Å². The molecule has 2 aromatic carbocycles. The zero-order chi connectivity index (χ0) is 22.1. The zero-order valence-corrected chi connectivity index (χ0v) is 19.2. The third-order valence-electron chi connectivity index (χ3n) is 6.14. The van der Waals surface area contributed by atoms with E-state index in [1.54, 1.807) is 14.2 Å². The summed E-state index contributed by atoms with van der Waals surface area (Å²) in [5, 5.41) is 7.01. The molecule has 1 aliphatic rings. The summed E-state index contributed by atoms with van der Waals surface area (Å²) in [6, 6.07) is 14.7. The summed E-state index contributed by atoms with van der Waals surface area (Å²) in [7, 11) is 5.12. The minimum Gasteiger partial charge on any atom is -0.493 e. The molecule has 6 heteroatoms. The second-order valence-electron chi connectivity index (χ2n) is 8.00. The van der Waals surface area contributed by atoms with Gasteiger partial charge in [0, 0.05) is 38.8 Å². The molecule has 0 unspecified atom stereocenters. The number of hydrogen-bond donors (Lipinski definition) is 2. The fourth-order valence-corrected chi connectivity index (χ4v) is 4.31. The van der Waals surface area contributed by atoms with Crippen molar-refractivity contribution in [2.24, 2.45) is 4.99 Å². The fraction of sp³-hybridized carbons (Fsp3) is 0.480. The molecule has 1 heterocycles. The molecular formula is C25H35N3O3. The Balaban J connectivity index is 1.60. The topological polar surface area (TPSA) is 64.1 Å². The Hall–Kier alpha value is -2.73. The number of nitrogens with zero attached hydrogens (tertiary/aromatic N) is 1. The van der Waals surface area contributed by atoms with Crippen molar-refractivity contribution in [3.8, 4) is 11.5 Å². The van der Waals surface area contributed by atoms with E-state index in [1.807, 2.05) is 19.2 Å². The molecule has 0 aliphatic carbocycles. The SMILES string of the molecule is CN=C(NCCc1ccc(OC)c(OC)c1)NCC1(c2ccccc2C)CCOCC1. The Morgan fingerprint density at radius 1 is 1.03 bits per heavy atom. The first-order chi connectivity index (χ1) is 15.1. The van der Waals surface area contributed by atoms with Crippen LogP contribution in [-0.4, -0.2) is 53.5 Å². The molecule has 0 atom stereocenters. The Labute approximate surface area is 186 Å². The summed E-state index contributed by atoms with van der Waals surface area (Å²) in [6.45, 7) is 5.39. The van der Waals surface area contributed by atoms with Crippen molar-refractivity contribution in [3.63, 3.8) is 0 Å². The Bertz CT molecular complexity index is 876. The summed E-state index contributed by atoms with van der Waals surface area (Å²) in [4.78, 5) is 4.43. The molecule has 168 valence electrons. The third kappa shape index (κ3) is 5.70. The first kappa shape index (κ1) is 22.9. The van der Waals surface area contributed by atoms with E-state index >= 15 is 0 Å². The summed E-state index contributed by atoms with van der Waals surface area (Å²) >= 11 is 0. The van der Waals surface area contributed by atoms with E-state index in [-0.39, 0.29) is 5.41 Å². The van der Waals surface area contributed by atoms with Gasteiger partial charge in [0.15, 0.2) is 17.5 Å². The van der Waals surface area contributed by atoms with Crippen molar-refractivity contribution in [2.75, 3.05) is 47.6 Å². The van der Waals surface area contributed by atoms with Crippen molar-refractivity contribution in [3.05, 3.63) is 59.2 Å². The highest BCUT2D eigenvalue weighted by atomic mass is 16.5. The molecular weight excluding hydrogens is 390 g/mol. The van der Waals surface area contributed by atoms with Crippen LogP contribution in [0.15, 0.2) is 47.5 Å². The number of guanidine groups is 1. The van der Waals surface area contributed by atoms with Gasteiger partial charge in [0.05, 0.1) is 14.2 Å². The van der Waals surface area contributed by atoms with Gasteiger partial charge in [0.1, 0.15) is 0 Å². The number of aryl methyl sites for hydroxylation is 1. The van der Waals surface area contributed by atoms with Gasteiger partial charge in [-0.3, -0.25) is 4.99 Å². The lowest BCUT2D eigenvalue weighted by atomic mass is 9.72. The molecule has 0 bridgehead atoms. The van der Waals surface area contributed by atoms with Gasteiger partial charge in [-0.15, -0.1) is 0 Å². The first-order valence-electron chi connectivity index (χ1n) is 10.9. The molecule has 0 radical (unpaired) electrons. The monoisotopic (exact) mass is 425 g/mol. The second kappa shape index (κ2) is 11.0. The Kier molecular flexibility index (Phi) is 8.18. The van der Waals surface area contributed by atoms with Crippen molar-refractivity contribution >= 4 is 5.96 Å². The van der Waals surface area contributed by atoms with E-state index in [2.05, 4.69) is 52.9 Å². The summed E-state index contributed by atoms with van der Waals surface area (Å²) in [6.07, 6.45) is 2.87. The molecule has 0 aromatic heterocycles. The second-order valence-corrected chi connectivity index (χ2v) is 8.00. The summed E-state index contributed by atoms with van der Waals surface area (Å²) in [5.74, 6) is 2.32. The van der Waals surface area contributed by atoms with Crippen LogP contribution in [0.2, 0.25) is 0 Å². The summed E-state index contributed by atoms with van der Waals surface area (Å²) < 4.78 is 16.4. The van der Waals surface area contributed by atoms with Gasteiger partial charge in [0.25, 0.3) is 0 Å². The van der Waals surface area contributed by atoms with E-state index in [0.717, 1.165) is 63.0 Å². The molecule has 1 fully saturated rings. The van der Waals surface area contributed by atoms with Gasteiger partial charge >= 0.3 is 0 Å². The molecule has 1 aliphatic heterocycles. The van der Waals surface area contributed by atoms with Gasteiger partial charge in [-0.25, -0.2) is 0 Å². The maximum Gasteiger partial charge on any atom is 0.191 e. The summed E-state index contributed by atoms with van der Waals surface area (Å²) in [5.41, 5.74) is 3.99. The highest BCUT2D eigenvalue weighted by molar-refractivity contribution is 5.79. The Morgan fingerprint density at radius 2 is 1.77 bits per heavy atom. The molecule has 2 aromatic rings. The molecule has 3 rings (SSSR count). The van der Waals surface area contributed by atoms with E-state index in [4.69, 9.17) is 14.2 Å². The van der Waals surface area contributed by atoms with Gasteiger partial charge < -0.3 is 24.8 Å². The van der Waals surface area contributed by atoms with Crippen LogP contribution in [0.4, 0.5) is 0 Å². The average molecular weight is 426 g/mol. The normalized spacial score (nSPS) is 15.9. The van der Waals surface area contributed by atoms with Crippen LogP contribution in [-0.2, 0) is 16.6 Å². The van der Waals surface area contributed by atoms with Crippen LogP contribution in [0.1, 0.15) is 29.5 Å². The van der Waals surface area contributed by atoms with Crippen molar-refractivity contribution < 1.29 is 14.2 Å². The number of aliphatic imine (C=N–C) groups is 1. The maximum absolute atomic E-state index is 5.68. The molecule has 31 heavy (non-hydrogen) atoms. The van der Waals surface area contributed by atoms with E-state index in [1.165, 1.54) is 16.7 Å². The van der Waals surface area contributed by atoms with Gasteiger partial charge in [-0.2, -0.15) is 0 Å². The van der Waals surface area contributed by atoms with Crippen LogP contribution < -0.4 is 20.1 Å². The number of ether oxygens (including phenoxy) is 3. The van der Waals surface area contributed by atoms with Crippen molar-refractivity contribution in [1.82, 2.24) is 10.6 Å². The molecule has 1 saturated heterocycles. The lowest BCUT2D eigenvalue weighted by molar-refractivity contribution is 0.0512. The highest BCUT2D eigenvalue weighted by Gasteiger charge is 2.35. The van der Waals surface area contributed by atoms with Gasteiger partial charge in [0.2, 0.25) is 0 Å². The fourth-order valence-electron chi connectivity index (χ4n) is 4.31. The van der Waals surface area contributed by atoms with Crippen LogP contribution in [0.5, 0.6) is 11.5 Å². The number of hydrogen-bond acceptors (Lipinski definition) is 4. The van der Waals surface area contributed by atoms with E-state index in [9.17, 15) is 0 Å². The smallest absolute Gasteiger partial charge is 0.191 e. The molecule has 2 N–H and O–H groups in total. The largest absolute Gasteiger partial charge is 0.493 e. The number of benzene rings is 2. The predicted molar refractivity (Wildman–Crippen MR) is 126 cm³/mol. The molecule has 0 amide bonds. The number of nitrogens with one attached hydrogen (secondary N) is 2. The minimum absolute atomic E-state index is 0.0601. The van der Waals surface area contributed by atoms with E-state index in [0.29, 0.717) is 0 Å². The van der Waals surface area contributed by atoms with Gasteiger partial charge in [-0.05, 0) is 55.0 Å². The van der Waals surface area contributed by atoms with Crippen molar-refractivity contribution in [1.29, 1.82) is 0 Å². The maximum atomic E-state index is 5.68. The van der Waals surface area contributed by atoms with Crippen LogP contribution in [0.3, 0.4) is 0 Å². The first-order valence-corrected chi connectivity index (χ1v) is 10.9. The van der Waals surface area contributed by atoms with E-state index < -0.39 is 0 Å². The Morgan fingerprint density at radius 3 is 2.45 bits per heavy atom. The molecule has 0 spiro atoms. The standard InChI is InChI=1S/C25H35N3O3/c1-19-7-5-6-8-21(19)25(12-15-31-16-13-25)18-28-24(26-2)27-14-11-20-9-10-22(29-3)23(17-20)30-4/h5-10,17H,11-16,18H2,1-4H3,(H2,26,27,28). The number of rotatable bonds is 8. The van der Waals surface area contributed by atoms with Crippen LogP contribution in [0, 0.1) is 6.92 Å². The highest BCUT2D eigenvalue weighted by Crippen LogP contribution is 2.36. The lowest BCUT2D eigenvalue weighted by Gasteiger charge is -2.39. The average Bonchev–Trinajstić information content (AvgIpc) is 2.82. The lowest BCUT2D eigenvalue weighted by Crippen LogP contribution is -2.48. The molecule has 0 saturated carbocycles. The molecule has 6 nitrogen and oxygen atoms in total. The van der Waals surface area contributed by atoms with Gasteiger partial charge in [-0.1, -0.05) is 30.3 Å². The number of methoxy groups -OCH3 is 2. The third-order valence-corrected chi connectivity index (χ3v) is 6.14. The predicted octanol–water partition coefficient (Wildman–Crippen LogP) is 3.47.